The first-order valence-electron chi connectivity index (χ1n) is 9.63. The molecule has 0 saturated heterocycles. The van der Waals surface area contributed by atoms with E-state index in [0.717, 1.165) is 21.9 Å². The number of hydrogen-bond acceptors (Lipinski definition) is 4. The molecular weight excluding hydrogens is 364 g/mol. The summed E-state index contributed by atoms with van der Waals surface area (Å²) >= 11 is 0. The minimum atomic E-state index is -0.552. The highest BCUT2D eigenvalue weighted by Crippen LogP contribution is 2.24. The summed E-state index contributed by atoms with van der Waals surface area (Å²) in [4.78, 5) is 29.3. The molecule has 150 valence electrons. The zero-order valence-electron chi connectivity index (χ0n) is 17.4. The molecule has 2 aromatic carbocycles. The summed E-state index contributed by atoms with van der Waals surface area (Å²) in [5, 5.41) is 4.65. The quantitative estimate of drug-likeness (QED) is 0.609. The Bertz CT molecular complexity index is 1060. The number of nitrogens with zero attached hydrogens (tertiary/aromatic N) is 1. The van der Waals surface area contributed by atoms with Gasteiger partial charge in [0.1, 0.15) is 5.60 Å². The van der Waals surface area contributed by atoms with Crippen molar-refractivity contribution in [2.75, 3.05) is 0 Å². The van der Waals surface area contributed by atoms with Crippen molar-refractivity contribution in [3.05, 3.63) is 77.1 Å². The fraction of sp³-hybridized carbons (Fsp3) is 0.292. The number of carbonyl (C=O) groups excluding carboxylic acids is 2. The molecule has 3 aromatic rings. The molecule has 0 saturated carbocycles. The number of pyridine rings is 1. The van der Waals surface area contributed by atoms with E-state index in [4.69, 9.17) is 4.74 Å². The first-order chi connectivity index (χ1) is 13.7. The van der Waals surface area contributed by atoms with Crippen LogP contribution in [-0.4, -0.2) is 22.5 Å². The summed E-state index contributed by atoms with van der Waals surface area (Å²) in [5.41, 5.74) is 2.51. The predicted octanol–water partition coefficient (Wildman–Crippen LogP) is 5.36. The maximum absolute atomic E-state index is 13.2. The highest BCUT2D eigenvalue weighted by Gasteiger charge is 2.20. The smallest absolute Gasteiger partial charge is 0.408 e. The first kappa shape index (κ1) is 20.5. The van der Waals surface area contributed by atoms with E-state index in [2.05, 4.69) is 10.3 Å². The SMILES string of the molecule is Cc1cc([C@H](C)NC(=O)OC(C)(C)C)ccc1C(=O)c1cccc2cnccc12. The van der Waals surface area contributed by atoms with Gasteiger partial charge >= 0.3 is 6.09 Å². The molecule has 1 aromatic heterocycles. The maximum Gasteiger partial charge on any atom is 0.408 e. The van der Waals surface area contributed by atoms with Gasteiger partial charge in [-0.3, -0.25) is 9.78 Å². The molecule has 0 aliphatic heterocycles. The Balaban J connectivity index is 1.84. The van der Waals surface area contributed by atoms with Crippen LogP contribution in [0.4, 0.5) is 4.79 Å². The van der Waals surface area contributed by atoms with Crippen molar-refractivity contribution in [1.29, 1.82) is 0 Å². The largest absolute Gasteiger partial charge is 0.444 e. The number of carbonyl (C=O) groups is 2. The predicted molar refractivity (Wildman–Crippen MR) is 114 cm³/mol. The molecular formula is C24H26N2O3. The van der Waals surface area contributed by atoms with E-state index < -0.39 is 11.7 Å². The van der Waals surface area contributed by atoms with Crippen LogP contribution in [0.15, 0.2) is 54.9 Å². The molecule has 29 heavy (non-hydrogen) atoms. The molecule has 5 nitrogen and oxygen atoms in total. The van der Waals surface area contributed by atoms with Crippen molar-refractivity contribution < 1.29 is 14.3 Å². The van der Waals surface area contributed by atoms with Crippen LogP contribution in [-0.2, 0) is 4.74 Å². The van der Waals surface area contributed by atoms with Gasteiger partial charge in [0, 0.05) is 28.9 Å². The summed E-state index contributed by atoms with van der Waals surface area (Å²) in [5.74, 6) is -0.0291. The minimum Gasteiger partial charge on any atom is -0.444 e. The third kappa shape index (κ3) is 4.80. The number of rotatable bonds is 4. The molecule has 0 aliphatic rings. The van der Waals surface area contributed by atoms with Gasteiger partial charge in [0.05, 0.1) is 6.04 Å². The van der Waals surface area contributed by atoms with Crippen molar-refractivity contribution in [3.63, 3.8) is 0 Å². The van der Waals surface area contributed by atoms with Gasteiger partial charge in [-0.15, -0.1) is 0 Å². The number of aryl methyl sites for hydroxylation is 1. The lowest BCUT2D eigenvalue weighted by Crippen LogP contribution is -2.34. The van der Waals surface area contributed by atoms with Crippen LogP contribution >= 0.6 is 0 Å². The molecule has 0 radical (unpaired) electrons. The molecule has 0 aliphatic carbocycles. The number of hydrogen-bond donors (Lipinski definition) is 1. The third-order valence-electron chi connectivity index (χ3n) is 4.65. The molecule has 5 heteroatoms. The zero-order valence-corrected chi connectivity index (χ0v) is 17.4. The van der Waals surface area contributed by atoms with E-state index in [9.17, 15) is 9.59 Å². The van der Waals surface area contributed by atoms with E-state index in [1.165, 1.54) is 0 Å². The molecule has 0 fully saturated rings. The third-order valence-corrected chi connectivity index (χ3v) is 4.65. The summed E-state index contributed by atoms with van der Waals surface area (Å²) in [6, 6.07) is 12.9. The van der Waals surface area contributed by atoms with E-state index in [-0.39, 0.29) is 11.8 Å². The van der Waals surface area contributed by atoms with Gasteiger partial charge in [0.15, 0.2) is 5.78 Å². The number of nitrogens with one attached hydrogen (secondary N) is 1. The molecule has 0 spiro atoms. The lowest BCUT2D eigenvalue weighted by atomic mass is 9.93. The van der Waals surface area contributed by atoms with Crippen molar-refractivity contribution in [3.8, 4) is 0 Å². The average Bonchev–Trinajstić information content (AvgIpc) is 2.65. The lowest BCUT2D eigenvalue weighted by Gasteiger charge is -2.22. The Morgan fingerprint density at radius 1 is 1.07 bits per heavy atom. The molecule has 1 heterocycles. The number of ether oxygens (including phenoxy) is 1. The van der Waals surface area contributed by atoms with Crippen LogP contribution in [0, 0.1) is 6.92 Å². The van der Waals surface area contributed by atoms with Crippen LogP contribution in [0.5, 0.6) is 0 Å². The molecule has 1 amide bonds. The van der Waals surface area contributed by atoms with E-state index in [1.807, 2.05) is 77.1 Å². The maximum atomic E-state index is 13.2. The molecule has 0 unspecified atom stereocenters. The van der Waals surface area contributed by atoms with Gasteiger partial charge in [-0.1, -0.05) is 36.4 Å². The number of amides is 1. The monoisotopic (exact) mass is 390 g/mol. The highest BCUT2D eigenvalue weighted by molar-refractivity contribution is 6.16. The highest BCUT2D eigenvalue weighted by atomic mass is 16.6. The Labute approximate surface area is 171 Å². The normalized spacial score (nSPS) is 12.4. The number of fused-ring (bicyclic) bond motifs is 1. The summed E-state index contributed by atoms with van der Waals surface area (Å²) < 4.78 is 5.31. The fourth-order valence-electron chi connectivity index (χ4n) is 3.24. The van der Waals surface area contributed by atoms with Crippen LogP contribution in [0.2, 0.25) is 0 Å². The van der Waals surface area contributed by atoms with Crippen LogP contribution in [0.3, 0.4) is 0 Å². The number of ketones is 1. The Morgan fingerprint density at radius 2 is 1.83 bits per heavy atom. The van der Waals surface area contributed by atoms with Crippen molar-refractivity contribution >= 4 is 22.6 Å². The van der Waals surface area contributed by atoms with Crippen LogP contribution in [0.25, 0.3) is 10.8 Å². The van der Waals surface area contributed by atoms with Gasteiger partial charge in [-0.25, -0.2) is 4.79 Å². The van der Waals surface area contributed by atoms with Gasteiger partial charge < -0.3 is 10.1 Å². The second-order valence-corrected chi connectivity index (χ2v) is 8.17. The minimum absolute atomic E-state index is 0.0291. The van der Waals surface area contributed by atoms with Gasteiger partial charge in [0.25, 0.3) is 0 Å². The second-order valence-electron chi connectivity index (χ2n) is 8.17. The van der Waals surface area contributed by atoms with Crippen molar-refractivity contribution in [1.82, 2.24) is 10.3 Å². The molecule has 1 atom stereocenters. The summed E-state index contributed by atoms with van der Waals surface area (Å²) in [6.45, 7) is 9.27. The number of benzene rings is 2. The van der Waals surface area contributed by atoms with Crippen molar-refractivity contribution in [2.45, 2.75) is 46.3 Å². The zero-order chi connectivity index (χ0) is 21.2. The Morgan fingerprint density at radius 3 is 2.52 bits per heavy atom. The average molecular weight is 390 g/mol. The van der Waals surface area contributed by atoms with Crippen molar-refractivity contribution in [2.24, 2.45) is 0 Å². The van der Waals surface area contributed by atoms with Gasteiger partial charge in [0.2, 0.25) is 0 Å². The number of alkyl carbamates (subject to hydrolysis) is 1. The molecule has 1 N–H and O–H groups in total. The van der Waals surface area contributed by atoms with Crippen LogP contribution < -0.4 is 5.32 Å². The molecule has 0 bridgehead atoms. The Hall–Kier alpha value is -3.21. The Kier molecular flexibility index (Phi) is 5.69. The van der Waals surface area contributed by atoms with E-state index in [1.54, 1.807) is 12.4 Å². The fourth-order valence-corrected chi connectivity index (χ4v) is 3.24. The van der Waals surface area contributed by atoms with Gasteiger partial charge in [-0.05, 0) is 57.2 Å². The topological polar surface area (TPSA) is 68.3 Å². The molecule has 3 rings (SSSR count). The van der Waals surface area contributed by atoms with Crippen LogP contribution in [0.1, 0.15) is 60.8 Å². The summed E-state index contributed by atoms with van der Waals surface area (Å²) in [6.07, 6.45) is 2.98. The number of aromatic nitrogens is 1. The van der Waals surface area contributed by atoms with Gasteiger partial charge in [-0.2, -0.15) is 0 Å². The summed E-state index contributed by atoms with van der Waals surface area (Å²) in [7, 11) is 0. The standard InChI is InChI=1S/C24H26N2O3/c1-15-13-17(16(2)26-23(28)29-24(3,4)5)9-10-19(15)22(27)21-8-6-7-18-14-25-12-11-20(18)21/h6-14,16H,1-5H3,(H,26,28)/t16-/m0/s1. The first-order valence-corrected chi connectivity index (χ1v) is 9.63. The van der Waals surface area contributed by atoms with E-state index in [0.29, 0.717) is 11.1 Å². The van der Waals surface area contributed by atoms with E-state index >= 15 is 0 Å². The second kappa shape index (κ2) is 8.03. The lowest BCUT2D eigenvalue weighted by molar-refractivity contribution is 0.0507.